The van der Waals surface area contributed by atoms with E-state index in [1.807, 2.05) is 6.07 Å². The molecule has 0 bridgehead atoms. The quantitative estimate of drug-likeness (QED) is 0.149. The van der Waals surface area contributed by atoms with E-state index >= 15 is 0 Å². The number of para-hydroxylation sites is 2. The van der Waals surface area contributed by atoms with Gasteiger partial charge in [0.2, 0.25) is 0 Å². The summed E-state index contributed by atoms with van der Waals surface area (Å²) in [6, 6.07) is 90.3. The summed E-state index contributed by atoms with van der Waals surface area (Å²) >= 11 is 0. The van der Waals surface area contributed by atoms with Crippen LogP contribution < -0.4 is 4.90 Å². The zero-order chi connectivity index (χ0) is 43.6. The number of benzene rings is 12. The molecule has 0 N–H and O–H groups in total. The molecule has 12 aromatic carbocycles. The fourth-order valence-electron chi connectivity index (χ4n) is 10.4. The molecular weight excluding hydrogens is 799 g/mol. The smallest absolute Gasteiger partial charge is 0.143 e. The molecule has 0 atom stereocenters. The minimum absolute atomic E-state index is 0.894. The Balaban J connectivity index is 1.04. The molecule has 1 aromatic heterocycles. The first kappa shape index (κ1) is 37.8. The molecule has 13 aromatic rings. The van der Waals surface area contributed by atoms with Gasteiger partial charge in [-0.05, 0) is 124 Å². The Bertz CT molecular complexity index is 3980. The number of anilines is 3. The summed E-state index contributed by atoms with van der Waals surface area (Å²) in [5, 5.41) is 12.2. The lowest BCUT2D eigenvalue weighted by Crippen LogP contribution is -2.10. The predicted octanol–water partition coefficient (Wildman–Crippen LogP) is 18.3. The van der Waals surface area contributed by atoms with Gasteiger partial charge in [0.15, 0.2) is 0 Å². The Morgan fingerprint density at radius 2 is 0.788 bits per heavy atom. The maximum atomic E-state index is 6.59. The van der Waals surface area contributed by atoms with Crippen LogP contribution in [0, 0.1) is 0 Å². The molecule has 2 heteroatoms. The third kappa shape index (κ3) is 6.18. The van der Waals surface area contributed by atoms with Gasteiger partial charge >= 0.3 is 0 Å². The van der Waals surface area contributed by atoms with Gasteiger partial charge in [0.25, 0.3) is 0 Å². The highest BCUT2D eigenvalue weighted by Gasteiger charge is 2.22. The Kier molecular flexibility index (Phi) is 8.89. The second-order valence-electron chi connectivity index (χ2n) is 17.2. The third-order valence-corrected chi connectivity index (χ3v) is 13.4. The Labute approximate surface area is 382 Å². The highest BCUT2D eigenvalue weighted by atomic mass is 16.3. The molecule has 0 saturated carbocycles. The minimum Gasteiger partial charge on any atom is -0.455 e. The molecular formula is C64H41NO. The first-order chi connectivity index (χ1) is 32.7. The van der Waals surface area contributed by atoms with E-state index in [4.69, 9.17) is 4.42 Å². The van der Waals surface area contributed by atoms with Crippen molar-refractivity contribution < 1.29 is 4.42 Å². The van der Waals surface area contributed by atoms with E-state index in [1.165, 1.54) is 76.5 Å². The van der Waals surface area contributed by atoms with Gasteiger partial charge in [-0.2, -0.15) is 0 Å². The molecule has 0 unspecified atom stereocenters. The molecule has 66 heavy (non-hydrogen) atoms. The Morgan fingerprint density at radius 1 is 0.258 bits per heavy atom. The first-order valence-electron chi connectivity index (χ1n) is 22.7. The van der Waals surface area contributed by atoms with Crippen molar-refractivity contribution in [2.45, 2.75) is 0 Å². The molecule has 0 amide bonds. The summed E-state index contributed by atoms with van der Waals surface area (Å²) in [6.07, 6.45) is 0. The number of hydrogen-bond acceptors (Lipinski definition) is 2. The van der Waals surface area contributed by atoms with Gasteiger partial charge in [-0.15, -0.1) is 0 Å². The maximum absolute atomic E-state index is 6.59. The van der Waals surface area contributed by atoms with Gasteiger partial charge in [0.05, 0.1) is 0 Å². The van der Waals surface area contributed by atoms with Crippen LogP contribution in [-0.2, 0) is 0 Å². The van der Waals surface area contributed by atoms with E-state index in [1.54, 1.807) is 0 Å². The SMILES string of the molecule is c1ccc(-c2c(-c3ccccc3)c3cc(N(c4ccc(-c5cccc6c5ccc5ccccc56)cc4)c4cccc(-c5cccc6c5oc5ccccc56)c4)ccc3c3ccccc23)cc1. The lowest BCUT2D eigenvalue weighted by molar-refractivity contribution is 0.670. The molecule has 0 aliphatic rings. The standard InChI is InChI=1S/C64H41NO/c1-3-17-44(18-4-1)62-58-26-10-9-24-54(58)56-39-37-49(41-60(56)63(62)45-19-5-2-6-20-45)65(48-22-13-21-46(40-48)52-28-15-30-59-57-25-11-12-31-61(57)66-64(52)59)47-35-32-43(33-36-47)51-27-14-29-53-50-23-8-7-16-42(50)34-38-55(51)53/h1-41H. The second kappa shape index (κ2) is 15.5. The van der Waals surface area contributed by atoms with Crippen molar-refractivity contribution in [3.8, 4) is 44.5 Å². The summed E-state index contributed by atoms with van der Waals surface area (Å²) in [5.74, 6) is 0. The average Bonchev–Trinajstić information content (AvgIpc) is 3.78. The molecule has 308 valence electrons. The average molecular weight is 840 g/mol. The van der Waals surface area contributed by atoms with Crippen molar-refractivity contribution in [2.75, 3.05) is 4.90 Å². The van der Waals surface area contributed by atoms with E-state index in [2.05, 4.69) is 248 Å². The van der Waals surface area contributed by atoms with Gasteiger partial charge in [0.1, 0.15) is 11.2 Å². The van der Waals surface area contributed by atoms with Crippen LogP contribution >= 0.6 is 0 Å². The zero-order valence-corrected chi connectivity index (χ0v) is 36.0. The summed E-state index contributed by atoms with van der Waals surface area (Å²) < 4.78 is 6.59. The monoisotopic (exact) mass is 839 g/mol. The fourth-order valence-corrected chi connectivity index (χ4v) is 10.4. The van der Waals surface area contributed by atoms with E-state index in [-0.39, 0.29) is 0 Å². The summed E-state index contributed by atoms with van der Waals surface area (Å²) in [4.78, 5) is 2.41. The van der Waals surface area contributed by atoms with E-state index < -0.39 is 0 Å². The first-order valence-corrected chi connectivity index (χ1v) is 22.7. The maximum Gasteiger partial charge on any atom is 0.143 e. The van der Waals surface area contributed by atoms with Gasteiger partial charge in [-0.3, -0.25) is 0 Å². The number of rotatable bonds is 7. The molecule has 2 nitrogen and oxygen atoms in total. The van der Waals surface area contributed by atoms with Crippen LogP contribution in [0.2, 0.25) is 0 Å². The summed E-state index contributed by atoms with van der Waals surface area (Å²) in [7, 11) is 0. The third-order valence-electron chi connectivity index (χ3n) is 13.4. The van der Waals surface area contributed by atoms with E-state index in [0.29, 0.717) is 0 Å². The van der Waals surface area contributed by atoms with Crippen molar-refractivity contribution in [2.24, 2.45) is 0 Å². The van der Waals surface area contributed by atoms with Gasteiger partial charge in [-0.1, -0.05) is 206 Å². The van der Waals surface area contributed by atoms with Crippen molar-refractivity contribution in [1.29, 1.82) is 0 Å². The van der Waals surface area contributed by atoms with Crippen molar-refractivity contribution in [3.63, 3.8) is 0 Å². The molecule has 0 fully saturated rings. The van der Waals surface area contributed by atoms with Crippen LogP contribution in [0.3, 0.4) is 0 Å². The lowest BCUT2D eigenvalue weighted by Gasteiger charge is -2.27. The lowest BCUT2D eigenvalue weighted by atomic mass is 9.85. The molecule has 0 aliphatic heterocycles. The Morgan fingerprint density at radius 3 is 1.58 bits per heavy atom. The predicted molar refractivity (Wildman–Crippen MR) is 280 cm³/mol. The number of hydrogen-bond donors (Lipinski definition) is 0. The number of nitrogens with zero attached hydrogens (tertiary/aromatic N) is 1. The normalized spacial score (nSPS) is 11.6. The zero-order valence-electron chi connectivity index (χ0n) is 36.0. The molecule has 0 aliphatic carbocycles. The van der Waals surface area contributed by atoms with Crippen LogP contribution in [0.4, 0.5) is 17.1 Å². The van der Waals surface area contributed by atoms with Crippen molar-refractivity contribution in [1.82, 2.24) is 0 Å². The van der Waals surface area contributed by atoms with Crippen molar-refractivity contribution >= 4 is 82.1 Å². The topological polar surface area (TPSA) is 16.4 Å². The molecule has 0 spiro atoms. The molecule has 0 radical (unpaired) electrons. The van der Waals surface area contributed by atoms with Gasteiger partial charge in [0, 0.05) is 33.4 Å². The van der Waals surface area contributed by atoms with Crippen LogP contribution in [0.25, 0.3) is 110 Å². The number of furan rings is 1. The van der Waals surface area contributed by atoms with E-state index in [9.17, 15) is 0 Å². The van der Waals surface area contributed by atoms with Crippen LogP contribution in [0.1, 0.15) is 0 Å². The minimum atomic E-state index is 0.894. The van der Waals surface area contributed by atoms with Crippen molar-refractivity contribution in [3.05, 3.63) is 249 Å². The largest absolute Gasteiger partial charge is 0.455 e. The molecule has 13 rings (SSSR count). The van der Waals surface area contributed by atoms with Gasteiger partial charge in [-0.25, -0.2) is 0 Å². The molecule has 1 heterocycles. The van der Waals surface area contributed by atoms with Crippen LogP contribution in [0.15, 0.2) is 253 Å². The summed E-state index contributed by atoms with van der Waals surface area (Å²) in [5.41, 5.74) is 14.4. The van der Waals surface area contributed by atoms with Crippen LogP contribution in [-0.4, -0.2) is 0 Å². The fraction of sp³-hybridized carbons (Fsp3) is 0. The number of fused-ring (bicyclic) bond motifs is 9. The molecule has 0 saturated heterocycles. The highest BCUT2D eigenvalue weighted by molar-refractivity contribution is 6.22. The van der Waals surface area contributed by atoms with E-state index in [0.717, 1.165) is 50.1 Å². The second-order valence-corrected chi connectivity index (χ2v) is 17.2. The summed E-state index contributed by atoms with van der Waals surface area (Å²) in [6.45, 7) is 0. The highest BCUT2D eigenvalue weighted by Crippen LogP contribution is 2.48. The van der Waals surface area contributed by atoms with Crippen LogP contribution in [0.5, 0.6) is 0 Å². The Hall–Kier alpha value is -8.72. The van der Waals surface area contributed by atoms with Gasteiger partial charge < -0.3 is 9.32 Å².